The number of nitrogens with zero attached hydrogens (tertiary/aromatic N) is 2. The van der Waals surface area contributed by atoms with Gasteiger partial charge in [0.25, 0.3) is 5.91 Å². The minimum absolute atomic E-state index is 0.103. The van der Waals surface area contributed by atoms with Gasteiger partial charge >= 0.3 is 5.69 Å². The molecule has 0 radical (unpaired) electrons. The molecule has 8 nitrogen and oxygen atoms in total. The van der Waals surface area contributed by atoms with Crippen LogP contribution in [0.15, 0.2) is 41.0 Å². The van der Waals surface area contributed by atoms with Crippen molar-refractivity contribution in [3.63, 3.8) is 0 Å². The van der Waals surface area contributed by atoms with Crippen LogP contribution in [0.5, 0.6) is 5.75 Å². The van der Waals surface area contributed by atoms with Crippen LogP contribution >= 0.6 is 0 Å². The molecular formula is C16H18N2O6. The van der Waals surface area contributed by atoms with E-state index in [2.05, 4.69) is 0 Å². The first-order chi connectivity index (χ1) is 11.6. The van der Waals surface area contributed by atoms with E-state index in [-0.39, 0.29) is 29.5 Å². The molecule has 0 spiro atoms. The lowest BCUT2D eigenvalue weighted by atomic mass is 10.1. The van der Waals surface area contributed by atoms with E-state index < -0.39 is 4.92 Å². The lowest BCUT2D eigenvalue weighted by Crippen LogP contribution is -2.33. The Bertz CT molecular complexity index is 699. The topological polar surface area (TPSA) is 95.0 Å². The third kappa shape index (κ3) is 4.11. The van der Waals surface area contributed by atoms with Crippen molar-refractivity contribution in [3.8, 4) is 5.75 Å². The molecule has 0 unspecified atom stereocenters. The summed E-state index contributed by atoms with van der Waals surface area (Å²) >= 11 is 0. The summed E-state index contributed by atoms with van der Waals surface area (Å²) in [5.41, 5.74) is -0.0572. The van der Waals surface area contributed by atoms with Gasteiger partial charge in [0.15, 0.2) is 5.75 Å². The number of ether oxygens (including phenoxy) is 2. The van der Waals surface area contributed by atoms with Gasteiger partial charge in [-0.25, -0.2) is 0 Å². The zero-order valence-electron chi connectivity index (χ0n) is 13.4. The molecule has 0 N–H and O–H groups in total. The van der Waals surface area contributed by atoms with Gasteiger partial charge in [0, 0.05) is 25.3 Å². The number of nitro groups is 1. The highest BCUT2D eigenvalue weighted by atomic mass is 16.6. The van der Waals surface area contributed by atoms with Gasteiger partial charge < -0.3 is 18.8 Å². The Kier molecular flexibility index (Phi) is 5.91. The van der Waals surface area contributed by atoms with E-state index in [1.54, 1.807) is 12.1 Å². The predicted octanol–water partition coefficient (Wildman–Crippen LogP) is 2.49. The molecule has 0 aliphatic carbocycles. The molecule has 1 aromatic carbocycles. The predicted molar refractivity (Wildman–Crippen MR) is 85.0 cm³/mol. The van der Waals surface area contributed by atoms with Gasteiger partial charge in [-0.3, -0.25) is 14.9 Å². The summed E-state index contributed by atoms with van der Waals surface area (Å²) < 4.78 is 15.2. The standard InChI is InChI=1S/C16H18N2O6/c1-22-9-7-17(11-13-4-3-8-24-13)16(19)12-5-6-15(23-2)14(10-12)18(20)21/h3-6,8,10H,7,9,11H2,1-2H3. The van der Waals surface area contributed by atoms with Crippen LogP contribution in [0.3, 0.4) is 0 Å². The van der Waals surface area contributed by atoms with Crippen LogP contribution in [0.25, 0.3) is 0 Å². The van der Waals surface area contributed by atoms with Crippen molar-refractivity contribution in [2.24, 2.45) is 0 Å². The smallest absolute Gasteiger partial charge is 0.311 e. The molecule has 24 heavy (non-hydrogen) atoms. The second kappa shape index (κ2) is 8.11. The molecule has 8 heteroatoms. The quantitative estimate of drug-likeness (QED) is 0.544. The molecule has 128 valence electrons. The van der Waals surface area contributed by atoms with E-state index in [9.17, 15) is 14.9 Å². The van der Waals surface area contributed by atoms with Crippen LogP contribution in [0.2, 0.25) is 0 Å². The highest BCUT2D eigenvalue weighted by molar-refractivity contribution is 5.95. The number of rotatable bonds is 8. The van der Waals surface area contributed by atoms with E-state index >= 15 is 0 Å². The summed E-state index contributed by atoms with van der Waals surface area (Å²) in [7, 11) is 2.87. The minimum Gasteiger partial charge on any atom is -0.490 e. The maximum Gasteiger partial charge on any atom is 0.311 e. The summed E-state index contributed by atoms with van der Waals surface area (Å²) in [6.45, 7) is 0.912. The van der Waals surface area contributed by atoms with Gasteiger partial charge in [0.1, 0.15) is 5.76 Å². The fourth-order valence-corrected chi connectivity index (χ4v) is 2.19. The Morgan fingerprint density at radius 3 is 2.71 bits per heavy atom. The van der Waals surface area contributed by atoms with Gasteiger partial charge in [-0.2, -0.15) is 0 Å². The zero-order chi connectivity index (χ0) is 17.5. The maximum atomic E-state index is 12.7. The first-order valence-corrected chi connectivity index (χ1v) is 7.19. The molecular weight excluding hydrogens is 316 g/mol. The first-order valence-electron chi connectivity index (χ1n) is 7.19. The summed E-state index contributed by atoms with van der Waals surface area (Å²) in [5, 5.41) is 11.1. The Hall–Kier alpha value is -2.87. The van der Waals surface area contributed by atoms with Crippen LogP contribution in [0, 0.1) is 10.1 Å². The first kappa shape index (κ1) is 17.5. The van der Waals surface area contributed by atoms with Crippen molar-refractivity contribution in [3.05, 3.63) is 58.0 Å². The van der Waals surface area contributed by atoms with Crippen LogP contribution in [0.4, 0.5) is 5.69 Å². The fourth-order valence-electron chi connectivity index (χ4n) is 2.19. The van der Waals surface area contributed by atoms with E-state index in [4.69, 9.17) is 13.9 Å². The SMILES string of the molecule is COCCN(Cc1ccco1)C(=O)c1ccc(OC)c([N+](=O)[O-])c1. The number of amides is 1. The van der Waals surface area contributed by atoms with Crippen molar-refractivity contribution in [2.45, 2.75) is 6.54 Å². The maximum absolute atomic E-state index is 12.7. The van der Waals surface area contributed by atoms with Crippen LogP contribution in [0.1, 0.15) is 16.1 Å². The van der Waals surface area contributed by atoms with Crippen LogP contribution in [-0.4, -0.2) is 43.1 Å². The van der Waals surface area contributed by atoms with Crippen molar-refractivity contribution < 1.29 is 23.6 Å². The summed E-state index contributed by atoms with van der Waals surface area (Å²) in [6, 6.07) is 7.60. The van der Waals surface area contributed by atoms with Gasteiger partial charge in [-0.15, -0.1) is 0 Å². The molecule has 0 saturated heterocycles. The van der Waals surface area contributed by atoms with E-state index in [1.807, 2.05) is 0 Å². The Morgan fingerprint density at radius 2 is 2.12 bits per heavy atom. The average molecular weight is 334 g/mol. The van der Waals surface area contributed by atoms with Crippen LogP contribution < -0.4 is 4.74 Å². The van der Waals surface area contributed by atoms with Gasteiger partial charge in [0.05, 0.1) is 31.4 Å². The number of carbonyl (C=O) groups is 1. The number of hydrogen-bond acceptors (Lipinski definition) is 6. The third-order valence-electron chi connectivity index (χ3n) is 3.40. The minimum atomic E-state index is -0.582. The normalized spacial score (nSPS) is 10.4. The molecule has 0 bridgehead atoms. The lowest BCUT2D eigenvalue weighted by molar-refractivity contribution is -0.385. The number of methoxy groups -OCH3 is 2. The van der Waals surface area contributed by atoms with Gasteiger partial charge in [-0.05, 0) is 24.3 Å². The molecule has 0 aliphatic rings. The molecule has 1 aromatic heterocycles. The Labute approximate surface area is 138 Å². The molecule has 1 amide bonds. The number of carbonyl (C=O) groups excluding carboxylic acids is 1. The average Bonchev–Trinajstić information content (AvgIpc) is 3.10. The highest BCUT2D eigenvalue weighted by Crippen LogP contribution is 2.28. The molecule has 0 aliphatic heterocycles. The molecule has 2 rings (SSSR count). The number of furan rings is 1. The summed E-state index contributed by atoms with van der Waals surface area (Å²) in [5.74, 6) is 0.364. The lowest BCUT2D eigenvalue weighted by Gasteiger charge is -2.21. The van der Waals surface area contributed by atoms with Crippen molar-refractivity contribution in [1.29, 1.82) is 0 Å². The van der Waals surface area contributed by atoms with Crippen molar-refractivity contribution in [1.82, 2.24) is 4.90 Å². The highest BCUT2D eigenvalue weighted by Gasteiger charge is 2.22. The van der Waals surface area contributed by atoms with Gasteiger partial charge in [0.2, 0.25) is 0 Å². The second-order valence-electron chi connectivity index (χ2n) is 4.94. The van der Waals surface area contributed by atoms with E-state index in [0.29, 0.717) is 18.9 Å². The largest absolute Gasteiger partial charge is 0.490 e. The zero-order valence-corrected chi connectivity index (χ0v) is 13.4. The molecule has 0 fully saturated rings. The molecule has 1 heterocycles. The van der Waals surface area contributed by atoms with E-state index in [0.717, 1.165) is 0 Å². The van der Waals surface area contributed by atoms with Crippen molar-refractivity contribution >= 4 is 11.6 Å². The van der Waals surface area contributed by atoms with E-state index in [1.165, 1.54) is 43.6 Å². The van der Waals surface area contributed by atoms with Crippen LogP contribution in [-0.2, 0) is 11.3 Å². The third-order valence-corrected chi connectivity index (χ3v) is 3.40. The number of benzene rings is 1. The Morgan fingerprint density at radius 1 is 1.33 bits per heavy atom. The van der Waals surface area contributed by atoms with Gasteiger partial charge in [-0.1, -0.05) is 0 Å². The van der Waals surface area contributed by atoms with Crippen molar-refractivity contribution in [2.75, 3.05) is 27.4 Å². The Balaban J connectivity index is 2.27. The molecule has 0 atom stereocenters. The fraction of sp³-hybridized carbons (Fsp3) is 0.312. The second-order valence-corrected chi connectivity index (χ2v) is 4.94. The monoisotopic (exact) mass is 334 g/mol. The number of hydrogen-bond donors (Lipinski definition) is 0. The molecule has 0 saturated carbocycles. The molecule has 2 aromatic rings. The summed E-state index contributed by atoms with van der Waals surface area (Å²) in [6.07, 6.45) is 1.52. The summed E-state index contributed by atoms with van der Waals surface area (Å²) in [4.78, 5) is 24.8. The number of nitro benzene ring substituents is 1.